The van der Waals surface area contributed by atoms with Gasteiger partial charge in [-0.05, 0) is 68.1 Å². The van der Waals surface area contributed by atoms with Crippen LogP contribution < -0.4 is 5.32 Å². The predicted molar refractivity (Wildman–Crippen MR) is 107 cm³/mol. The standard InChI is InChI=1S/C22H23FN4O2/c23-17-5-2-15(3-6-17)8-11-24-10-1-13-27-21(22(28)29)19-7-4-16-14-25-12-9-18(16)20(19)26-27/h2-3,5-6,9,12,14,24H,1,4,7-8,10-11,13H2,(H,28,29). The summed E-state index contributed by atoms with van der Waals surface area (Å²) in [6.45, 7) is 2.08. The molecule has 0 unspecified atom stereocenters. The van der Waals surface area contributed by atoms with Crippen molar-refractivity contribution in [1.82, 2.24) is 20.1 Å². The number of halogens is 1. The zero-order chi connectivity index (χ0) is 20.2. The molecule has 2 aromatic heterocycles. The number of aryl methyl sites for hydroxylation is 2. The maximum absolute atomic E-state index is 12.9. The van der Waals surface area contributed by atoms with Gasteiger partial charge in [-0.3, -0.25) is 9.67 Å². The Kier molecular flexibility index (Phi) is 5.67. The Hall–Kier alpha value is -3.06. The highest BCUT2D eigenvalue weighted by Gasteiger charge is 2.27. The van der Waals surface area contributed by atoms with E-state index in [2.05, 4.69) is 15.4 Å². The normalized spacial score (nSPS) is 12.4. The van der Waals surface area contributed by atoms with Gasteiger partial charge in [0.1, 0.15) is 11.5 Å². The fourth-order valence-corrected chi connectivity index (χ4v) is 3.83. The summed E-state index contributed by atoms with van der Waals surface area (Å²) < 4.78 is 14.6. The molecule has 6 nitrogen and oxygen atoms in total. The van der Waals surface area contributed by atoms with Crippen LogP contribution in [0.25, 0.3) is 11.3 Å². The zero-order valence-electron chi connectivity index (χ0n) is 16.1. The Morgan fingerprint density at radius 3 is 2.79 bits per heavy atom. The molecule has 0 radical (unpaired) electrons. The third-order valence-corrected chi connectivity index (χ3v) is 5.28. The first kappa shape index (κ1) is 19.3. The van der Waals surface area contributed by atoms with E-state index in [1.165, 1.54) is 12.1 Å². The van der Waals surface area contributed by atoms with Crippen molar-refractivity contribution >= 4 is 5.97 Å². The van der Waals surface area contributed by atoms with Gasteiger partial charge in [0, 0.05) is 30.1 Å². The summed E-state index contributed by atoms with van der Waals surface area (Å²) in [7, 11) is 0. The number of carboxylic acids is 1. The molecule has 4 rings (SSSR count). The highest BCUT2D eigenvalue weighted by atomic mass is 19.1. The number of carboxylic acid groups (broad SMARTS) is 1. The van der Waals surface area contributed by atoms with Crippen LogP contribution in [0.15, 0.2) is 42.7 Å². The molecule has 3 aromatic rings. The number of nitrogens with one attached hydrogen (secondary N) is 1. The topological polar surface area (TPSA) is 80.0 Å². The number of pyridine rings is 1. The average molecular weight is 394 g/mol. The second kappa shape index (κ2) is 8.53. The summed E-state index contributed by atoms with van der Waals surface area (Å²) in [4.78, 5) is 16.0. The number of aromatic carboxylic acids is 1. The van der Waals surface area contributed by atoms with Crippen molar-refractivity contribution < 1.29 is 14.3 Å². The summed E-state index contributed by atoms with van der Waals surface area (Å²) >= 11 is 0. The predicted octanol–water partition coefficient (Wildman–Crippen LogP) is 3.10. The smallest absolute Gasteiger partial charge is 0.354 e. The number of fused-ring (bicyclic) bond motifs is 3. The number of benzene rings is 1. The summed E-state index contributed by atoms with van der Waals surface area (Å²) in [6.07, 6.45) is 6.61. The molecule has 0 aliphatic heterocycles. The third-order valence-electron chi connectivity index (χ3n) is 5.28. The van der Waals surface area contributed by atoms with Crippen LogP contribution in [0.3, 0.4) is 0 Å². The molecule has 150 valence electrons. The van der Waals surface area contributed by atoms with Crippen molar-refractivity contribution in [3.05, 3.63) is 70.9 Å². The molecule has 0 amide bonds. The Morgan fingerprint density at radius 2 is 2.00 bits per heavy atom. The van der Waals surface area contributed by atoms with E-state index in [4.69, 9.17) is 0 Å². The summed E-state index contributed by atoms with van der Waals surface area (Å²) in [5, 5.41) is 17.7. The number of nitrogens with zero attached hydrogens (tertiary/aromatic N) is 3. The first-order valence-corrected chi connectivity index (χ1v) is 9.85. The lowest BCUT2D eigenvalue weighted by Gasteiger charge is -2.14. The number of rotatable bonds is 8. The second-order valence-electron chi connectivity index (χ2n) is 7.22. The largest absolute Gasteiger partial charge is 0.477 e. The molecule has 1 aliphatic rings. The van der Waals surface area contributed by atoms with Gasteiger partial charge < -0.3 is 10.4 Å². The molecule has 0 atom stereocenters. The maximum Gasteiger partial charge on any atom is 0.354 e. The SMILES string of the molecule is O=C(O)c1c2c(nn1CCCNCCc1ccc(F)cc1)-c1ccncc1CC2. The third kappa shape index (κ3) is 4.19. The highest BCUT2D eigenvalue weighted by molar-refractivity contribution is 5.90. The number of hydrogen-bond acceptors (Lipinski definition) is 4. The van der Waals surface area contributed by atoms with Crippen molar-refractivity contribution in [2.24, 2.45) is 0 Å². The second-order valence-corrected chi connectivity index (χ2v) is 7.22. The van der Waals surface area contributed by atoms with Crippen LogP contribution in [0.5, 0.6) is 0 Å². The van der Waals surface area contributed by atoms with Crippen LogP contribution in [-0.2, 0) is 25.8 Å². The lowest BCUT2D eigenvalue weighted by atomic mass is 9.90. The fourth-order valence-electron chi connectivity index (χ4n) is 3.83. The lowest BCUT2D eigenvalue weighted by Crippen LogP contribution is -2.21. The first-order chi connectivity index (χ1) is 14.1. The van der Waals surface area contributed by atoms with Crippen molar-refractivity contribution in [3.8, 4) is 11.3 Å². The maximum atomic E-state index is 12.9. The van der Waals surface area contributed by atoms with Crippen molar-refractivity contribution in [2.75, 3.05) is 13.1 Å². The number of carbonyl (C=O) groups is 1. The van der Waals surface area contributed by atoms with Gasteiger partial charge in [0.25, 0.3) is 0 Å². The molecule has 2 N–H and O–H groups in total. The summed E-state index contributed by atoms with van der Waals surface area (Å²) in [5.41, 5.74) is 5.08. The van der Waals surface area contributed by atoms with E-state index < -0.39 is 5.97 Å². The summed E-state index contributed by atoms with van der Waals surface area (Å²) in [5.74, 6) is -1.16. The Bertz CT molecular complexity index is 1010. The van der Waals surface area contributed by atoms with E-state index >= 15 is 0 Å². The minimum Gasteiger partial charge on any atom is -0.477 e. The van der Waals surface area contributed by atoms with Crippen LogP contribution in [0.2, 0.25) is 0 Å². The first-order valence-electron chi connectivity index (χ1n) is 9.85. The van der Waals surface area contributed by atoms with Crippen LogP contribution >= 0.6 is 0 Å². The van der Waals surface area contributed by atoms with Gasteiger partial charge >= 0.3 is 5.97 Å². The Balaban J connectivity index is 1.36. The van der Waals surface area contributed by atoms with Gasteiger partial charge in [-0.15, -0.1) is 0 Å². The molecule has 1 aromatic carbocycles. The number of aromatic nitrogens is 3. The van der Waals surface area contributed by atoms with E-state index in [1.807, 2.05) is 12.3 Å². The molecule has 29 heavy (non-hydrogen) atoms. The molecule has 1 aliphatic carbocycles. The van der Waals surface area contributed by atoms with Gasteiger partial charge in [-0.1, -0.05) is 12.1 Å². The van der Waals surface area contributed by atoms with E-state index in [0.29, 0.717) is 18.7 Å². The monoisotopic (exact) mass is 394 g/mol. The van der Waals surface area contributed by atoms with Crippen LogP contribution in [0.4, 0.5) is 4.39 Å². The molecule has 0 fully saturated rings. The summed E-state index contributed by atoms with van der Waals surface area (Å²) in [6, 6.07) is 8.43. The zero-order valence-corrected chi connectivity index (χ0v) is 16.1. The van der Waals surface area contributed by atoms with Gasteiger partial charge in [-0.2, -0.15) is 5.10 Å². The molecular formula is C22H23FN4O2. The average Bonchev–Trinajstić information content (AvgIpc) is 3.11. The molecule has 0 spiro atoms. The molecule has 0 saturated heterocycles. The fraction of sp³-hybridized carbons (Fsp3) is 0.318. The van der Waals surface area contributed by atoms with Gasteiger partial charge in [-0.25, -0.2) is 9.18 Å². The van der Waals surface area contributed by atoms with Crippen LogP contribution in [0, 0.1) is 5.82 Å². The van der Waals surface area contributed by atoms with E-state index in [1.54, 1.807) is 23.0 Å². The number of hydrogen-bond donors (Lipinski definition) is 2. The highest BCUT2D eigenvalue weighted by Crippen LogP contribution is 2.34. The van der Waals surface area contributed by atoms with Gasteiger partial charge in [0.15, 0.2) is 0 Å². The van der Waals surface area contributed by atoms with E-state index in [9.17, 15) is 14.3 Å². The molecule has 0 saturated carbocycles. The van der Waals surface area contributed by atoms with Crippen molar-refractivity contribution in [2.45, 2.75) is 32.2 Å². The molecular weight excluding hydrogens is 371 g/mol. The molecule has 2 heterocycles. The van der Waals surface area contributed by atoms with E-state index in [0.717, 1.165) is 60.3 Å². The minimum absolute atomic E-state index is 0.225. The van der Waals surface area contributed by atoms with Gasteiger partial charge in [0.2, 0.25) is 0 Å². The molecule has 7 heteroatoms. The van der Waals surface area contributed by atoms with Crippen molar-refractivity contribution in [1.29, 1.82) is 0 Å². The van der Waals surface area contributed by atoms with Crippen molar-refractivity contribution in [3.63, 3.8) is 0 Å². The quantitative estimate of drug-likeness (QED) is 0.574. The van der Waals surface area contributed by atoms with Gasteiger partial charge in [0.05, 0.1) is 5.69 Å². The Morgan fingerprint density at radius 1 is 1.17 bits per heavy atom. The minimum atomic E-state index is -0.930. The van der Waals surface area contributed by atoms with E-state index in [-0.39, 0.29) is 5.82 Å². The lowest BCUT2D eigenvalue weighted by molar-refractivity contribution is 0.0681. The Labute approximate surface area is 168 Å². The molecule has 0 bridgehead atoms. The van der Waals surface area contributed by atoms with Crippen LogP contribution in [-0.4, -0.2) is 38.9 Å². The van der Waals surface area contributed by atoms with Crippen LogP contribution in [0.1, 0.15) is 33.6 Å².